The molecule has 3 aromatic rings. The number of hydrogen-bond donors (Lipinski definition) is 2. The summed E-state index contributed by atoms with van der Waals surface area (Å²) < 4.78 is 10.9. The van der Waals surface area contributed by atoms with Crippen molar-refractivity contribution in [1.29, 1.82) is 0 Å². The maximum Gasteiger partial charge on any atom is 0.262 e. The molecule has 0 bridgehead atoms. The molecule has 7 nitrogen and oxygen atoms in total. The Morgan fingerprint density at radius 2 is 1.52 bits per heavy atom. The molecule has 1 heterocycles. The van der Waals surface area contributed by atoms with Crippen LogP contribution in [-0.2, 0) is 4.79 Å². The number of carbonyl (C=O) groups excluding carboxylic acids is 2. The van der Waals surface area contributed by atoms with Gasteiger partial charge in [-0.25, -0.2) is 0 Å². The molecule has 3 rings (SSSR count). The summed E-state index contributed by atoms with van der Waals surface area (Å²) in [6.45, 7) is 2.32. The Hall–Kier alpha value is -3.87. The van der Waals surface area contributed by atoms with Crippen molar-refractivity contribution >= 4 is 23.2 Å². The lowest BCUT2D eigenvalue weighted by Gasteiger charge is -2.13. The lowest BCUT2D eigenvalue weighted by Crippen LogP contribution is -2.21. The average molecular weight is 391 g/mol. The summed E-state index contributed by atoms with van der Waals surface area (Å²) in [5.41, 5.74) is 1.38. The van der Waals surface area contributed by atoms with Gasteiger partial charge in [0.2, 0.25) is 0 Å². The number of hydrogen-bond acceptors (Lipinski definition) is 5. The number of para-hydroxylation sites is 2. The van der Waals surface area contributed by atoms with Crippen molar-refractivity contribution in [3.8, 4) is 11.5 Å². The molecule has 2 N–H and O–H groups in total. The van der Waals surface area contributed by atoms with Gasteiger partial charge in [-0.15, -0.1) is 0 Å². The average Bonchev–Trinajstić information content (AvgIpc) is 2.75. The van der Waals surface area contributed by atoms with Crippen LogP contribution in [-0.4, -0.2) is 30.0 Å². The first-order valence-corrected chi connectivity index (χ1v) is 9.11. The number of benzene rings is 2. The fourth-order valence-electron chi connectivity index (χ4n) is 2.53. The lowest BCUT2D eigenvalue weighted by molar-refractivity contribution is -0.118. The number of nitrogens with zero attached hydrogens (tertiary/aromatic N) is 1. The molecule has 148 valence electrons. The Kier molecular flexibility index (Phi) is 6.78. The van der Waals surface area contributed by atoms with Crippen molar-refractivity contribution < 1.29 is 19.1 Å². The van der Waals surface area contributed by atoms with Gasteiger partial charge in [0.05, 0.1) is 23.5 Å². The molecule has 2 amide bonds. The summed E-state index contributed by atoms with van der Waals surface area (Å²) in [6.07, 6.45) is 3.07. The number of nitrogens with one attached hydrogen (secondary N) is 2. The van der Waals surface area contributed by atoms with Crippen LogP contribution in [0.3, 0.4) is 0 Å². The topological polar surface area (TPSA) is 89.5 Å². The van der Waals surface area contributed by atoms with Crippen molar-refractivity contribution in [3.63, 3.8) is 0 Å². The minimum absolute atomic E-state index is 0.168. The minimum atomic E-state index is -0.345. The van der Waals surface area contributed by atoms with E-state index in [0.717, 1.165) is 5.75 Å². The smallest absolute Gasteiger partial charge is 0.262 e. The summed E-state index contributed by atoms with van der Waals surface area (Å²) in [7, 11) is 0. The molecule has 0 aliphatic carbocycles. The number of pyridine rings is 1. The second kappa shape index (κ2) is 9.89. The number of ether oxygens (including phenoxy) is 2. The maximum absolute atomic E-state index is 12.3. The van der Waals surface area contributed by atoms with Crippen LogP contribution in [0.25, 0.3) is 0 Å². The van der Waals surface area contributed by atoms with E-state index in [4.69, 9.17) is 9.47 Å². The molecule has 0 saturated heterocycles. The summed E-state index contributed by atoms with van der Waals surface area (Å²) in [5.74, 6) is 0.636. The van der Waals surface area contributed by atoms with Crippen molar-refractivity contribution in [2.24, 2.45) is 0 Å². The molecular formula is C22H21N3O4. The molecule has 0 fully saturated rings. The van der Waals surface area contributed by atoms with E-state index in [-0.39, 0.29) is 18.4 Å². The number of anilines is 2. The first kappa shape index (κ1) is 19.9. The fourth-order valence-corrected chi connectivity index (χ4v) is 2.53. The Balaban J connectivity index is 1.58. The van der Waals surface area contributed by atoms with Gasteiger partial charge in [0.15, 0.2) is 6.61 Å². The van der Waals surface area contributed by atoms with Crippen molar-refractivity contribution in [1.82, 2.24) is 4.98 Å². The van der Waals surface area contributed by atoms with Crippen molar-refractivity contribution in [2.45, 2.75) is 6.92 Å². The quantitative estimate of drug-likeness (QED) is 0.610. The van der Waals surface area contributed by atoms with E-state index in [0.29, 0.717) is 29.3 Å². The fraction of sp³-hybridized carbons (Fsp3) is 0.136. The molecule has 0 unspecified atom stereocenters. The SMILES string of the molecule is CCOc1ccc(OCC(=O)Nc2ccccc2NC(=O)c2cccnc2)cc1. The summed E-state index contributed by atoms with van der Waals surface area (Å²) in [4.78, 5) is 28.5. The van der Waals surface area contributed by atoms with Crippen LogP contribution in [0.15, 0.2) is 73.1 Å². The second-order valence-electron chi connectivity index (χ2n) is 5.98. The third kappa shape index (κ3) is 5.80. The zero-order valence-electron chi connectivity index (χ0n) is 15.9. The highest BCUT2D eigenvalue weighted by Crippen LogP contribution is 2.22. The third-order valence-electron chi connectivity index (χ3n) is 3.88. The van der Waals surface area contributed by atoms with Gasteiger partial charge < -0.3 is 20.1 Å². The van der Waals surface area contributed by atoms with Crippen LogP contribution < -0.4 is 20.1 Å². The molecule has 29 heavy (non-hydrogen) atoms. The predicted molar refractivity (Wildman–Crippen MR) is 110 cm³/mol. The zero-order chi connectivity index (χ0) is 20.5. The molecule has 2 aromatic carbocycles. The summed E-state index contributed by atoms with van der Waals surface area (Å²) in [6, 6.07) is 17.3. The molecule has 0 radical (unpaired) electrons. The molecule has 0 aliphatic rings. The first-order chi connectivity index (χ1) is 14.2. The Bertz CT molecular complexity index is 959. The molecule has 0 atom stereocenters. The van der Waals surface area contributed by atoms with E-state index in [1.54, 1.807) is 66.9 Å². The molecule has 1 aromatic heterocycles. The van der Waals surface area contributed by atoms with E-state index < -0.39 is 0 Å². The van der Waals surface area contributed by atoms with Crippen LogP contribution in [0.2, 0.25) is 0 Å². The Labute approximate surface area is 168 Å². The number of aromatic nitrogens is 1. The van der Waals surface area contributed by atoms with Gasteiger partial charge in [-0.2, -0.15) is 0 Å². The predicted octanol–water partition coefficient (Wildman–Crippen LogP) is 3.75. The minimum Gasteiger partial charge on any atom is -0.494 e. The van der Waals surface area contributed by atoms with E-state index in [9.17, 15) is 9.59 Å². The zero-order valence-corrected chi connectivity index (χ0v) is 15.9. The van der Waals surface area contributed by atoms with Gasteiger partial charge in [-0.3, -0.25) is 14.6 Å². The van der Waals surface area contributed by atoms with Crippen molar-refractivity contribution in [2.75, 3.05) is 23.8 Å². The van der Waals surface area contributed by atoms with E-state index >= 15 is 0 Å². The molecule has 0 aliphatic heterocycles. The van der Waals surface area contributed by atoms with Gasteiger partial charge in [0, 0.05) is 12.4 Å². The third-order valence-corrected chi connectivity index (χ3v) is 3.88. The van der Waals surface area contributed by atoms with E-state index in [1.165, 1.54) is 6.20 Å². The standard InChI is InChI=1S/C22H21N3O4/c1-2-28-17-9-11-18(12-10-17)29-15-21(26)24-19-7-3-4-8-20(19)25-22(27)16-6-5-13-23-14-16/h3-14H,2,15H2,1H3,(H,24,26)(H,25,27). The molecule has 0 saturated carbocycles. The van der Waals surface area contributed by atoms with Crippen molar-refractivity contribution in [3.05, 3.63) is 78.6 Å². The first-order valence-electron chi connectivity index (χ1n) is 9.11. The highest BCUT2D eigenvalue weighted by Gasteiger charge is 2.11. The molecule has 7 heteroatoms. The normalized spacial score (nSPS) is 10.1. The van der Waals surface area contributed by atoms with Crippen LogP contribution in [0.1, 0.15) is 17.3 Å². The summed E-state index contributed by atoms with van der Waals surface area (Å²) in [5, 5.41) is 5.53. The van der Waals surface area contributed by atoms with Crippen LogP contribution in [0.4, 0.5) is 11.4 Å². The molecular weight excluding hydrogens is 370 g/mol. The van der Waals surface area contributed by atoms with E-state index in [2.05, 4.69) is 15.6 Å². The number of amides is 2. The highest BCUT2D eigenvalue weighted by molar-refractivity contribution is 6.07. The van der Waals surface area contributed by atoms with Crippen LogP contribution in [0.5, 0.6) is 11.5 Å². The molecule has 0 spiro atoms. The van der Waals surface area contributed by atoms with Gasteiger partial charge >= 0.3 is 0 Å². The number of carbonyl (C=O) groups is 2. The largest absolute Gasteiger partial charge is 0.494 e. The lowest BCUT2D eigenvalue weighted by atomic mass is 10.2. The monoisotopic (exact) mass is 391 g/mol. The Morgan fingerprint density at radius 1 is 0.862 bits per heavy atom. The van der Waals surface area contributed by atoms with Gasteiger partial charge in [0.25, 0.3) is 11.8 Å². The highest BCUT2D eigenvalue weighted by atomic mass is 16.5. The second-order valence-corrected chi connectivity index (χ2v) is 5.98. The number of rotatable bonds is 8. The van der Waals surface area contributed by atoms with Gasteiger partial charge in [-0.1, -0.05) is 12.1 Å². The van der Waals surface area contributed by atoms with Crippen LogP contribution in [0, 0.1) is 0 Å². The van der Waals surface area contributed by atoms with Gasteiger partial charge in [-0.05, 0) is 55.5 Å². The summed E-state index contributed by atoms with van der Waals surface area (Å²) >= 11 is 0. The van der Waals surface area contributed by atoms with Gasteiger partial charge in [0.1, 0.15) is 11.5 Å². The van der Waals surface area contributed by atoms with Crippen LogP contribution >= 0.6 is 0 Å². The maximum atomic E-state index is 12.3. The van der Waals surface area contributed by atoms with E-state index in [1.807, 2.05) is 6.92 Å². The Morgan fingerprint density at radius 3 is 2.14 bits per heavy atom.